The van der Waals surface area contributed by atoms with Crippen molar-refractivity contribution in [2.45, 2.75) is 6.92 Å². The smallest absolute Gasteiger partial charge is 0.251 e. The van der Waals surface area contributed by atoms with Crippen LogP contribution in [0.4, 0.5) is 0 Å². The summed E-state index contributed by atoms with van der Waals surface area (Å²) in [6.45, 7) is 9.73. The van der Waals surface area contributed by atoms with E-state index in [1.807, 2.05) is 37.3 Å². The molecule has 0 saturated carbocycles. The molecule has 0 spiro atoms. The Morgan fingerprint density at radius 1 is 1.29 bits per heavy atom. The minimum atomic E-state index is -0.0817. The first-order valence-electron chi connectivity index (χ1n) is 5.46. The quantitative estimate of drug-likeness (QED) is 0.770. The molecule has 17 heavy (non-hydrogen) atoms. The predicted molar refractivity (Wildman–Crippen MR) is 72.0 cm³/mol. The number of hydrogen-bond acceptors (Lipinski definition) is 1. The van der Waals surface area contributed by atoms with Crippen LogP contribution in [-0.4, -0.2) is 12.5 Å². The summed E-state index contributed by atoms with van der Waals surface area (Å²) in [6, 6.07) is 7.47. The molecule has 2 nitrogen and oxygen atoms in total. The third-order valence-corrected chi connectivity index (χ3v) is 2.36. The van der Waals surface area contributed by atoms with Gasteiger partial charge in [0.25, 0.3) is 5.91 Å². The third-order valence-electron chi connectivity index (χ3n) is 2.36. The molecule has 0 atom stereocenters. The van der Waals surface area contributed by atoms with Gasteiger partial charge in [0.05, 0.1) is 0 Å². The Morgan fingerprint density at radius 3 is 2.47 bits per heavy atom. The lowest BCUT2D eigenvalue weighted by Gasteiger charge is -2.05. The summed E-state index contributed by atoms with van der Waals surface area (Å²) in [5.74, 6) is -0.0817. The number of allylic oxidation sites excluding steroid dienone is 2. The van der Waals surface area contributed by atoms with E-state index >= 15 is 0 Å². The molecule has 0 saturated heterocycles. The van der Waals surface area contributed by atoms with Crippen molar-refractivity contribution >= 4 is 5.91 Å². The van der Waals surface area contributed by atoms with Crippen LogP contribution in [0.2, 0.25) is 0 Å². The number of hydrogen-bond donors (Lipinski definition) is 1. The molecular weight excluding hydrogens is 210 g/mol. The standard InChI is InChI=1S/C15H17NO/c1-4-6-13(5-2)11-16-15(17)14-9-7-12(3)8-10-14/h4-10H,1-2,11H2,3H3,(H,16,17)/b13-6+. The summed E-state index contributed by atoms with van der Waals surface area (Å²) in [4.78, 5) is 11.8. The van der Waals surface area contributed by atoms with Crippen LogP contribution in [0.1, 0.15) is 15.9 Å². The van der Waals surface area contributed by atoms with Crippen molar-refractivity contribution < 1.29 is 4.79 Å². The normalized spacial score (nSPS) is 10.8. The molecule has 2 heteroatoms. The summed E-state index contributed by atoms with van der Waals surface area (Å²) in [7, 11) is 0. The Balaban J connectivity index is 2.61. The number of carbonyl (C=O) groups excluding carboxylic acids is 1. The first kappa shape index (κ1) is 13.0. The van der Waals surface area contributed by atoms with Crippen molar-refractivity contribution in [2.75, 3.05) is 6.54 Å². The number of amides is 1. The van der Waals surface area contributed by atoms with Crippen molar-refractivity contribution in [1.82, 2.24) is 5.32 Å². The lowest BCUT2D eigenvalue weighted by atomic mass is 10.1. The van der Waals surface area contributed by atoms with Crippen LogP contribution in [0, 0.1) is 6.92 Å². The van der Waals surface area contributed by atoms with E-state index in [0.717, 1.165) is 11.1 Å². The van der Waals surface area contributed by atoms with E-state index < -0.39 is 0 Å². The molecular formula is C15H17NO. The van der Waals surface area contributed by atoms with Gasteiger partial charge in [-0.25, -0.2) is 0 Å². The average Bonchev–Trinajstić information content (AvgIpc) is 2.35. The molecule has 0 bridgehead atoms. The highest BCUT2D eigenvalue weighted by Gasteiger charge is 2.03. The Labute approximate surface area is 102 Å². The number of benzene rings is 1. The minimum Gasteiger partial charge on any atom is -0.348 e. The van der Waals surface area contributed by atoms with Gasteiger partial charge >= 0.3 is 0 Å². The summed E-state index contributed by atoms with van der Waals surface area (Å²) in [6.07, 6.45) is 5.20. The molecule has 1 rings (SSSR count). The third kappa shape index (κ3) is 4.11. The zero-order valence-electron chi connectivity index (χ0n) is 10.1. The molecule has 0 aliphatic heterocycles. The van der Waals surface area contributed by atoms with E-state index in [1.54, 1.807) is 12.2 Å². The van der Waals surface area contributed by atoms with E-state index in [2.05, 4.69) is 18.5 Å². The Bertz CT molecular complexity index is 440. The molecule has 0 radical (unpaired) electrons. The number of nitrogens with one attached hydrogen (secondary N) is 1. The second-order valence-corrected chi connectivity index (χ2v) is 3.73. The van der Waals surface area contributed by atoms with Gasteiger partial charge in [-0.1, -0.05) is 49.1 Å². The molecule has 1 aromatic carbocycles. The van der Waals surface area contributed by atoms with Gasteiger partial charge in [-0.3, -0.25) is 4.79 Å². The maximum atomic E-state index is 11.8. The monoisotopic (exact) mass is 227 g/mol. The molecule has 1 N–H and O–H groups in total. The predicted octanol–water partition coefficient (Wildman–Crippen LogP) is 3.02. The lowest BCUT2D eigenvalue weighted by molar-refractivity contribution is 0.0957. The van der Waals surface area contributed by atoms with E-state index in [4.69, 9.17) is 0 Å². The maximum Gasteiger partial charge on any atom is 0.251 e. The van der Waals surface area contributed by atoms with Gasteiger partial charge in [-0.15, -0.1) is 0 Å². The highest BCUT2D eigenvalue weighted by molar-refractivity contribution is 5.94. The van der Waals surface area contributed by atoms with Crippen molar-refractivity contribution in [2.24, 2.45) is 0 Å². The van der Waals surface area contributed by atoms with Crippen molar-refractivity contribution in [3.8, 4) is 0 Å². The van der Waals surface area contributed by atoms with Crippen LogP contribution in [0.5, 0.6) is 0 Å². The summed E-state index contributed by atoms with van der Waals surface area (Å²) in [5.41, 5.74) is 2.73. The Hall–Kier alpha value is -2.09. The van der Waals surface area contributed by atoms with Crippen molar-refractivity contribution in [3.63, 3.8) is 0 Å². The Kier molecular flexibility index (Phi) is 4.95. The van der Waals surface area contributed by atoms with Crippen molar-refractivity contribution in [1.29, 1.82) is 0 Å². The summed E-state index contributed by atoms with van der Waals surface area (Å²) < 4.78 is 0. The van der Waals surface area contributed by atoms with Gasteiger partial charge in [-0.2, -0.15) is 0 Å². The van der Waals surface area contributed by atoms with Gasteiger partial charge in [0.2, 0.25) is 0 Å². The van der Waals surface area contributed by atoms with Crippen molar-refractivity contribution in [3.05, 3.63) is 72.4 Å². The van der Waals surface area contributed by atoms with Crippen LogP contribution < -0.4 is 5.32 Å². The van der Waals surface area contributed by atoms with Gasteiger partial charge < -0.3 is 5.32 Å². The van der Waals surface area contributed by atoms with Gasteiger partial charge in [0.1, 0.15) is 0 Å². The molecule has 0 aromatic heterocycles. The fraction of sp³-hybridized carbons (Fsp3) is 0.133. The average molecular weight is 227 g/mol. The molecule has 88 valence electrons. The van der Waals surface area contributed by atoms with E-state index in [1.165, 1.54) is 0 Å². The highest BCUT2D eigenvalue weighted by Crippen LogP contribution is 2.03. The Morgan fingerprint density at radius 2 is 1.94 bits per heavy atom. The SMILES string of the molecule is C=C/C=C(\C=C)CNC(=O)c1ccc(C)cc1. The lowest BCUT2D eigenvalue weighted by Crippen LogP contribution is -2.25. The van der Waals surface area contributed by atoms with E-state index in [0.29, 0.717) is 12.1 Å². The second kappa shape index (κ2) is 6.48. The second-order valence-electron chi connectivity index (χ2n) is 3.73. The van der Waals surface area contributed by atoms with E-state index in [-0.39, 0.29) is 5.91 Å². The fourth-order valence-electron chi connectivity index (χ4n) is 1.34. The van der Waals surface area contributed by atoms with Crippen LogP contribution in [0.15, 0.2) is 61.2 Å². The molecule has 0 aliphatic rings. The minimum absolute atomic E-state index is 0.0817. The number of carbonyl (C=O) groups is 1. The van der Waals surface area contributed by atoms with Gasteiger partial charge in [-0.05, 0) is 24.6 Å². The summed E-state index contributed by atoms with van der Waals surface area (Å²) in [5, 5.41) is 2.83. The van der Waals surface area contributed by atoms with Crippen LogP contribution in [0.25, 0.3) is 0 Å². The molecule has 0 fully saturated rings. The zero-order valence-corrected chi connectivity index (χ0v) is 10.1. The first-order valence-corrected chi connectivity index (χ1v) is 5.46. The molecule has 0 heterocycles. The number of aryl methyl sites for hydroxylation is 1. The van der Waals surface area contributed by atoms with Crippen LogP contribution in [-0.2, 0) is 0 Å². The largest absolute Gasteiger partial charge is 0.348 e. The van der Waals surface area contributed by atoms with Crippen LogP contribution in [0.3, 0.4) is 0 Å². The highest BCUT2D eigenvalue weighted by atomic mass is 16.1. The topological polar surface area (TPSA) is 29.1 Å². The van der Waals surface area contributed by atoms with Crippen LogP contribution >= 0.6 is 0 Å². The first-order chi connectivity index (χ1) is 8.17. The molecule has 0 aliphatic carbocycles. The maximum absolute atomic E-state index is 11.8. The molecule has 1 aromatic rings. The number of rotatable bonds is 5. The molecule has 1 amide bonds. The van der Waals surface area contributed by atoms with Gasteiger partial charge in [0, 0.05) is 12.1 Å². The van der Waals surface area contributed by atoms with Gasteiger partial charge in [0.15, 0.2) is 0 Å². The zero-order chi connectivity index (χ0) is 12.7. The molecule has 0 unspecified atom stereocenters. The summed E-state index contributed by atoms with van der Waals surface area (Å²) >= 11 is 0. The van der Waals surface area contributed by atoms with E-state index in [9.17, 15) is 4.79 Å². The fourth-order valence-corrected chi connectivity index (χ4v) is 1.34.